The lowest BCUT2D eigenvalue weighted by atomic mass is 10.2. The first-order valence-corrected chi connectivity index (χ1v) is 8.69. The molecule has 2 aliphatic rings. The maximum absolute atomic E-state index is 5.65. The molecule has 0 amide bonds. The van der Waals surface area contributed by atoms with Crippen molar-refractivity contribution >= 4 is 21.9 Å². The fourth-order valence-electron chi connectivity index (χ4n) is 2.69. The second-order valence-corrected chi connectivity index (χ2v) is 6.40. The monoisotopic (exact) mass is 383 g/mol. The van der Waals surface area contributed by atoms with Crippen LogP contribution >= 0.6 is 15.9 Å². The molecule has 126 valence electrons. The van der Waals surface area contributed by atoms with E-state index >= 15 is 0 Å². The van der Waals surface area contributed by atoms with E-state index in [1.54, 1.807) is 7.05 Å². The summed E-state index contributed by atoms with van der Waals surface area (Å²) in [7, 11) is 1.77. The highest BCUT2D eigenvalue weighted by Crippen LogP contribution is 2.38. The molecule has 1 aromatic rings. The van der Waals surface area contributed by atoms with E-state index in [1.165, 1.54) is 0 Å². The Morgan fingerprint density at radius 2 is 2.13 bits per heavy atom. The number of hydrogen-bond acceptors (Lipinski definition) is 4. The zero-order valence-corrected chi connectivity index (χ0v) is 14.8. The van der Waals surface area contributed by atoms with Gasteiger partial charge in [0.1, 0.15) is 13.2 Å². The molecular weight excluding hydrogens is 362 g/mol. The molecule has 1 atom stereocenters. The van der Waals surface area contributed by atoms with Crippen molar-refractivity contribution in [3.8, 4) is 11.5 Å². The summed E-state index contributed by atoms with van der Waals surface area (Å²) in [5.41, 5.74) is 1.10. The van der Waals surface area contributed by atoms with Crippen LogP contribution in [-0.2, 0) is 11.3 Å². The van der Waals surface area contributed by atoms with Gasteiger partial charge in [0.25, 0.3) is 0 Å². The average molecular weight is 384 g/mol. The molecule has 1 unspecified atom stereocenters. The predicted octanol–water partition coefficient (Wildman–Crippen LogP) is 2.06. The van der Waals surface area contributed by atoms with Gasteiger partial charge in [0.05, 0.1) is 10.6 Å². The molecule has 2 aliphatic heterocycles. The Balaban J connectivity index is 1.55. The zero-order chi connectivity index (χ0) is 16.1. The molecule has 7 heteroatoms. The number of hydrogen-bond donors (Lipinski definition) is 2. The molecule has 1 fully saturated rings. The largest absolute Gasteiger partial charge is 0.486 e. The topological polar surface area (TPSA) is 64.1 Å². The van der Waals surface area contributed by atoms with Crippen LogP contribution in [0.15, 0.2) is 21.6 Å². The van der Waals surface area contributed by atoms with Gasteiger partial charge < -0.3 is 24.8 Å². The number of guanidine groups is 1. The van der Waals surface area contributed by atoms with E-state index in [4.69, 9.17) is 14.2 Å². The summed E-state index contributed by atoms with van der Waals surface area (Å²) in [6.07, 6.45) is 2.54. The number of nitrogens with zero attached hydrogens (tertiary/aromatic N) is 1. The summed E-state index contributed by atoms with van der Waals surface area (Å²) in [5, 5.41) is 6.61. The Hall–Kier alpha value is -1.47. The Labute approximate surface area is 144 Å². The van der Waals surface area contributed by atoms with Crippen molar-refractivity contribution in [1.29, 1.82) is 0 Å². The van der Waals surface area contributed by atoms with E-state index in [2.05, 4.69) is 31.6 Å². The molecule has 0 bridgehead atoms. The molecule has 3 rings (SSSR count). The summed E-state index contributed by atoms with van der Waals surface area (Å²) >= 11 is 3.54. The van der Waals surface area contributed by atoms with Gasteiger partial charge >= 0.3 is 0 Å². The van der Waals surface area contributed by atoms with Crippen molar-refractivity contribution in [1.82, 2.24) is 10.6 Å². The number of rotatable bonds is 4. The van der Waals surface area contributed by atoms with Crippen LogP contribution in [0.25, 0.3) is 0 Å². The minimum atomic E-state index is 0.289. The van der Waals surface area contributed by atoms with Gasteiger partial charge in [0.15, 0.2) is 17.5 Å². The number of fused-ring (bicyclic) bond motifs is 1. The normalized spacial score (nSPS) is 20.4. The third kappa shape index (κ3) is 4.29. The van der Waals surface area contributed by atoms with Crippen LogP contribution in [0.1, 0.15) is 18.4 Å². The van der Waals surface area contributed by atoms with Crippen LogP contribution in [0, 0.1) is 0 Å². The first kappa shape index (κ1) is 16.4. The molecule has 2 N–H and O–H groups in total. The molecule has 0 aliphatic carbocycles. The number of benzene rings is 1. The Bertz CT molecular complexity index is 574. The van der Waals surface area contributed by atoms with E-state index < -0.39 is 0 Å². The van der Waals surface area contributed by atoms with E-state index in [0.29, 0.717) is 19.8 Å². The maximum Gasteiger partial charge on any atom is 0.191 e. The highest BCUT2D eigenvalue weighted by Gasteiger charge is 2.17. The average Bonchev–Trinajstić information content (AvgIpc) is 3.08. The molecule has 2 heterocycles. The molecule has 0 aromatic heterocycles. The fraction of sp³-hybridized carbons (Fsp3) is 0.562. The minimum absolute atomic E-state index is 0.289. The molecule has 1 saturated heterocycles. The van der Waals surface area contributed by atoms with Gasteiger partial charge in [-0.15, -0.1) is 0 Å². The lowest BCUT2D eigenvalue weighted by Crippen LogP contribution is -2.40. The van der Waals surface area contributed by atoms with Gasteiger partial charge in [0, 0.05) is 26.7 Å². The lowest BCUT2D eigenvalue weighted by Gasteiger charge is -2.21. The smallest absolute Gasteiger partial charge is 0.191 e. The van der Waals surface area contributed by atoms with E-state index in [-0.39, 0.29) is 6.10 Å². The van der Waals surface area contributed by atoms with Gasteiger partial charge in [-0.3, -0.25) is 4.99 Å². The summed E-state index contributed by atoms with van der Waals surface area (Å²) in [4.78, 5) is 4.25. The highest BCUT2D eigenvalue weighted by atomic mass is 79.9. The van der Waals surface area contributed by atoms with Crippen LogP contribution in [0.4, 0.5) is 0 Å². The molecule has 1 aromatic carbocycles. The number of aliphatic imine (C=N–C) groups is 1. The van der Waals surface area contributed by atoms with Crippen LogP contribution < -0.4 is 20.1 Å². The number of nitrogens with one attached hydrogen (secondary N) is 2. The highest BCUT2D eigenvalue weighted by molar-refractivity contribution is 9.10. The molecule has 6 nitrogen and oxygen atoms in total. The lowest BCUT2D eigenvalue weighted by molar-refractivity contribution is 0.114. The Kier molecular flexibility index (Phi) is 5.61. The van der Waals surface area contributed by atoms with Crippen LogP contribution in [0.2, 0.25) is 0 Å². The predicted molar refractivity (Wildman–Crippen MR) is 92.3 cm³/mol. The van der Waals surface area contributed by atoms with E-state index in [1.807, 2.05) is 12.1 Å². The van der Waals surface area contributed by atoms with Crippen LogP contribution in [0.5, 0.6) is 11.5 Å². The van der Waals surface area contributed by atoms with E-state index in [9.17, 15) is 0 Å². The van der Waals surface area contributed by atoms with E-state index in [0.717, 1.165) is 53.5 Å². The second-order valence-electron chi connectivity index (χ2n) is 5.54. The SMILES string of the molecule is CN=C(NCc1cc(Br)c2c(c1)OCCO2)NCC1CCCO1. The van der Waals surface area contributed by atoms with Gasteiger partial charge in [-0.25, -0.2) is 0 Å². The standard InChI is InChI=1S/C16H22BrN3O3/c1-18-16(20-10-12-3-2-4-21-12)19-9-11-7-13(17)15-14(8-11)22-5-6-23-15/h7-8,12H,2-6,9-10H2,1H3,(H2,18,19,20). The Morgan fingerprint density at radius 3 is 2.91 bits per heavy atom. The molecule has 0 spiro atoms. The van der Waals surface area contributed by atoms with Crippen LogP contribution in [-0.4, -0.2) is 45.5 Å². The first-order valence-electron chi connectivity index (χ1n) is 7.90. The van der Waals surface area contributed by atoms with Crippen molar-refractivity contribution in [2.45, 2.75) is 25.5 Å². The van der Waals surface area contributed by atoms with Gasteiger partial charge in [-0.2, -0.15) is 0 Å². The molecule has 23 heavy (non-hydrogen) atoms. The maximum atomic E-state index is 5.65. The third-order valence-electron chi connectivity index (χ3n) is 3.86. The number of ether oxygens (including phenoxy) is 3. The molecule has 0 saturated carbocycles. The minimum Gasteiger partial charge on any atom is -0.486 e. The summed E-state index contributed by atoms with van der Waals surface area (Å²) in [6, 6.07) is 4.04. The quantitative estimate of drug-likeness (QED) is 0.615. The van der Waals surface area contributed by atoms with Crippen molar-refractivity contribution in [2.75, 3.05) is 33.4 Å². The van der Waals surface area contributed by atoms with Gasteiger partial charge in [0.2, 0.25) is 0 Å². The van der Waals surface area contributed by atoms with Gasteiger partial charge in [-0.1, -0.05) is 0 Å². The second kappa shape index (κ2) is 7.88. The van der Waals surface area contributed by atoms with Crippen molar-refractivity contribution in [3.63, 3.8) is 0 Å². The van der Waals surface area contributed by atoms with Crippen molar-refractivity contribution in [2.24, 2.45) is 4.99 Å². The van der Waals surface area contributed by atoms with Crippen LogP contribution in [0.3, 0.4) is 0 Å². The molecular formula is C16H22BrN3O3. The van der Waals surface area contributed by atoms with Gasteiger partial charge in [-0.05, 0) is 46.5 Å². The fourth-order valence-corrected chi connectivity index (χ4v) is 3.29. The summed E-state index contributed by atoms with van der Waals surface area (Å²) < 4.78 is 17.8. The summed E-state index contributed by atoms with van der Waals surface area (Å²) in [6.45, 7) is 3.47. The first-order chi connectivity index (χ1) is 11.3. The third-order valence-corrected chi connectivity index (χ3v) is 4.45. The molecule has 0 radical (unpaired) electrons. The van der Waals surface area contributed by atoms with Crippen molar-refractivity contribution < 1.29 is 14.2 Å². The Morgan fingerprint density at radius 1 is 1.26 bits per heavy atom. The number of halogens is 1. The zero-order valence-electron chi connectivity index (χ0n) is 13.2. The summed E-state index contributed by atoms with van der Waals surface area (Å²) in [5.74, 6) is 2.33. The van der Waals surface area contributed by atoms with Crippen molar-refractivity contribution in [3.05, 3.63) is 22.2 Å².